The van der Waals surface area contributed by atoms with Gasteiger partial charge in [0.2, 0.25) is 0 Å². The van der Waals surface area contributed by atoms with Crippen molar-refractivity contribution in [1.82, 2.24) is 14.9 Å². The van der Waals surface area contributed by atoms with Gasteiger partial charge < -0.3 is 24.8 Å². The number of benzene rings is 2. The van der Waals surface area contributed by atoms with Gasteiger partial charge in [-0.1, -0.05) is 17.7 Å². The zero-order valence-electron chi connectivity index (χ0n) is 26.0. The number of fused-ring (bicyclic) bond motifs is 4. The monoisotopic (exact) mass is 720 g/mol. The zero-order chi connectivity index (χ0) is 34.2. The lowest BCUT2D eigenvalue weighted by Crippen LogP contribution is -2.43. The molecule has 0 saturated carbocycles. The van der Waals surface area contributed by atoms with E-state index < -0.39 is 36.1 Å². The van der Waals surface area contributed by atoms with Gasteiger partial charge in [-0.15, -0.1) is 11.3 Å². The van der Waals surface area contributed by atoms with Gasteiger partial charge in [0, 0.05) is 30.5 Å². The summed E-state index contributed by atoms with van der Waals surface area (Å²) in [5, 5.41) is 10.1. The van der Waals surface area contributed by atoms with Crippen LogP contribution in [0.25, 0.3) is 32.1 Å². The van der Waals surface area contributed by atoms with Crippen molar-refractivity contribution in [1.29, 1.82) is 5.26 Å². The first-order valence-corrected chi connectivity index (χ1v) is 17.3. The summed E-state index contributed by atoms with van der Waals surface area (Å²) >= 11 is 7.87. The number of aromatic nitrogens is 2. The highest BCUT2D eigenvalue weighted by molar-refractivity contribution is 7.23. The summed E-state index contributed by atoms with van der Waals surface area (Å²) in [7, 11) is 0. The third-order valence-corrected chi connectivity index (χ3v) is 11.7. The molecule has 4 aromatic rings. The Morgan fingerprint density at radius 1 is 1.18 bits per heavy atom. The lowest BCUT2D eigenvalue weighted by atomic mass is 9.95. The van der Waals surface area contributed by atoms with Crippen LogP contribution in [0, 0.1) is 23.0 Å². The molecule has 16 heteroatoms. The number of nitriles is 1. The predicted molar refractivity (Wildman–Crippen MR) is 174 cm³/mol. The minimum Gasteiger partial charge on any atom is -0.489 e. The molecule has 0 radical (unpaired) electrons. The Balaban J connectivity index is 1.31. The summed E-state index contributed by atoms with van der Waals surface area (Å²) in [6.07, 6.45) is 1.17. The molecule has 9 nitrogen and oxygen atoms in total. The third-order valence-electron chi connectivity index (χ3n) is 10.3. The summed E-state index contributed by atoms with van der Waals surface area (Å²) in [6, 6.07) is 3.96. The van der Waals surface area contributed by atoms with Crippen molar-refractivity contribution in [2.24, 2.45) is 0 Å². The Labute approximate surface area is 286 Å². The normalized spacial score (nSPS) is 25.3. The molecule has 2 unspecified atom stereocenters. The molecule has 0 bridgehead atoms. The van der Waals surface area contributed by atoms with Crippen LogP contribution in [0.5, 0.6) is 11.8 Å². The highest BCUT2D eigenvalue weighted by atomic mass is 35.5. The summed E-state index contributed by atoms with van der Waals surface area (Å²) < 4.78 is 90.4. The van der Waals surface area contributed by atoms with Crippen molar-refractivity contribution >= 4 is 54.7 Å². The van der Waals surface area contributed by atoms with Crippen LogP contribution < -0.4 is 20.1 Å². The molecule has 258 valence electrons. The van der Waals surface area contributed by atoms with Gasteiger partial charge in [-0.3, -0.25) is 4.90 Å². The second-order valence-corrected chi connectivity index (χ2v) is 14.5. The molecule has 3 saturated heterocycles. The van der Waals surface area contributed by atoms with Gasteiger partial charge >= 0.3 is 12.6 Å². The van der Waals surface area contributed by atoms with E-state index >= 15 is 4.39 Å². The summed E-state index contributed by atoms with van der Waals surface area (Å²) in [5.74, 6) is -1.19. The molecule has 0 aliphatic carbocycles. The van der Waals surface area contributed by atoms with Gasteiger partial charge in [0.05, 0.1) is 38.4 Å². The van der Waals surface area contributed by atoms with E-state index in [1.807, 2.05) is 11.0 Å². The van der Waals surface area contributed by atoms with E-state index in [0.29, 0.717) is 25.8 Å². The zero-order valence-corrected chi connectivity index (χ0v) is 27.5. The Hall–Kier alpha value is -3.71. The van der Waals surface area contributed by atoms with E-state index in [1.165, 1.54) is 6.07 Å². The number of anilines is 2. The number of rotatable bonds is 6. The second kappa shape index (κ2) is 12.3. The van der Waals surface area contributed by atoms with Crippen molar-refractivity contribution in [2.45, 2.75) is 69.0 Å². The molecule has 0 amide bonds. The van der Waals surface area contributed by atoms with Crippen LogP contribution >= 0.6 is 22.9 Å². The van der Waals surface area contributed by atoms with Crippen molar-refractivity contribution in [3.63, 3.8) is 0 Å². The number of halogens is 6. The van der Waals surface area contributed by atoms with E-state index in [1.54, 1.807) is 0 Å². The fraction of sp³-hybridized carbons (Fsp3) is 0.485. The maximum absolute atomic E-state index is 17.2. The van der Waals surface area contributed by atoms with Crippen LogP contribution in [0.1, 0.15) is 44.1 Å². The maximum atomic E-state index is 17.2. The number of alkyl halides is 3. The molecule has 4 atom stereocenters. The smallest absolute Gasteiger partial charge is 0.345 e. The predicted octanol–water partition coefficient (Wildman–Crippen LogP) is 7.21. The molecular formula is C33H30ClF5N6O3S. The largest absolute Gasteiger partial charge is 0.489 e. The Bertz CT molecular complexity index is 2030. The molecule has 0 spiro atoms. The van der Waals surface area contributed by atoms with Crippen LogP contribution in [0.2, 0.25) is 5.02 Å². The number of nitrogens with zero attached hydrogens (tertiary/aromatic N) is 5. The van der Waals surface area contributed by atoms with Crippen LogP contribution in [0.4, 0.5) is 32.8 Å². The number of hydrogen-bond acceptors (Lipinski definition) is 10. The molecule has 4 aliphatic rings. The number of thiophene rings is 1. The van der Waals surface area contributed by atoms with Crippen LogP contribution in [-0.2, 0) is 4.74 Å². The molecule has 6 heterocycles. The Kier molecular flexibility index (Phi) is 8.13. The van der Waals surface area contributed by atoms with Gasteiger partial charge in [-0.25, -0.2) is 13.2 Å². The first-order valence-electron chi connectivity index (χ1n) is 16.1. The highest BCUT2D eigenvalue weighted by Crippen LogP contribution is 2.51. The Morgan fingerprint density at radius 2 is 2.02 bits per heavy atom. The van der Waals surface area contributed by atoms with Gasteiger partial charge in [0.1, 0.15) is 47.6 Å². The van der Waals surface area contributed by atoms with Crippen LogP contribution in [-0.4, -0.2) is 78.2 Å². The van der Waals surface area contributed by atoms with Gasteiger partial charge in [-0.05, 0) is 50.3 Å². The van der Waals surface area contributed by atoms with E-state index in [-0.39, 0.29) is 97.5 Å². The average molecular weight is 721 g/mol. The highest BCUT2D eigenvalue weighted by Gasteiger charge is 2.49. The van der Waals surface area contributed by atoms with Gasteiger partial charge in [0.25, 0.3) is 0 Å². The van der Waals surface area contributed by atoms with E-state index in [0.717, 1.165) is 36.8 Å². The lowest BCUT2D eigenvalue weighted by Gasteiger charge is -2.31. The summed E-state index contributed by atoms with van der Waals surface area (Å²) in [5.41, 5.74) is 5.28. The third kappa shape index (κ3) is 5.30. The fourth-order valence-electron chi connectivity index (χ4n) is 8.09. The van der Waals surface area contributed by atoms with Crippen molar-refractivity contribution in [3.8, 4) is 29.0 Å². The SMILES string of the molecule is N#Cc1c(N)sc2c(F)ccc(-c3c(Cl)c4c5c(nc(OC[C@@]67CCCN6C[C@H](F)C7)nc5c3F)N3CCC(OC(F)F)CCC3CO4)c12. The van der Waals surface area contributed by atoms with E-state index in [9.17, 15) is 22.8 Å². The van der Waals surface area contributed by atoms with Gasteiger partial charge in [-0.2, -0.15) is 24.0 Å². The molecule has 2 aromatic carbocycles. The van der Waals surface area contributed by atoms with Crippen molar-refractivity contribution < 1.29 is 36.2 Å². The Morgan fingerprint density at radius 3 is 2.82 bits per heavy atom. The topological polar surface area (TPSA) is 110 Å². The second-order valence-electron chi connectivity index (χ2n) is 13.0. The molecular weight excluding hydrogens is 691 g/mol. The first-order chi connectivity index (χ1) is 23.6. The first kappa shape index (κ1) is 32.5. The fourth-order valence-corrected chi connectivity index (χ4v) is 9.38. The van der Waals surface area contributed by atoms with Crippen LogP contribution in [0.15, 0.2) is 12.1 Å². The number of hydrogen-bond donors (Lipinski definition) is 1. The number of ether oxygens (including phenoxy) is 3. The summed E-state index contributed by atoms with van der Waals surface area (Å²) in [4.78, 5) is 13.2. The molecule has 2 aromatic heterocycles. The minimum atomic E-state index is -2.93. The number of nitrogens with two attached hydrogens (primary N) is 1. The van der Waals surface area contributed by atoms with E-state index in [2.05, 4.69) is 9.88 Å². The van der Waals surface area contributed by atoms with Crippen molar-refractivity contribution in [2.75, 3.05) is 43.5 Å². The molecule has 2 N–H and O–H groups in total. The van der Waals surface area contributed by atoms with Gasteiger partial charge in [0.15, 0.2) is 11.6 Å². The summed E-state index contributed by atoms with van der Waals surface area (Å²) in [6.45, 7) is -1.51. The molecule has 4 aliphatic heterocycles. The van der Waals surface area contributed by atoms with Crippen LogP contribution in [0.3, 0.4) is 0 Å². The molecule has 8 rings (SSSR count). The standard InChI is InChI=1S/C33H30ClF5N6O3S/c34-24-22(18-4-5-20(36)28-21(18)19(11-40)29(41)49-28)25(37)26-23-27(24)46-13-16-2-3-17(48-31(38)39)6-9-45(16)30(23)43-32(42-26)47-14-33-7-1-8-44(33)12-15(35)10-33/h4-5,15-17,31H,1-3,6-10,12-14,41H2/t15-,16?,17?,33+/m1/s1. The average Bonchev–Trinajstić information content (AvgIpc) is 3.61. The van der Waals surface area contributed by atoms with Crippen molar-refractivity contribution in [3.05, 3.63) is 34.4 Å². The molecule has 3 fully saturated rings. The maximum Gasteiger partial charge on any atom is 0.345 e. The minimum absolute atomic E-state index is 0.0127. The number of nitrogen functional groups attached to an aromatic ring is 1. The van der Waals surface area contributed by atoms with E-state index in [4.69, 9.17) is 36.5 Å². The molecule has 49 heavy (non-hydrogen) atoms. The quantitative estimate of drug-likeness (QED) is 0.207. The lowest BCUT2D eigenvalue weighted by molar-refractivity contribution is -0.164.